The number of methoxy groups -OCH3 is 1. The Balaban J connectivity index is 2.29. The molecule has 1 atom stereocenters. The van der Waals surface area contributed by atoms with Crippen LogP contribution >= 0.6 is 27.5 Å². The minimum atomic E-state index is 0.363. The van der Waals surface area contributed by atoms with Gasteiger partial charge in [0.1, 0.15) is 0 Å². The van der Waals surface area contributed by atoms with Gasteiger partial charge in [-0.05, 0) is 37.8 Å². The zero-order valence-electron chi connectivity index (χ0n) is 9.12. The van der Waals surface area contributed by atoms with Crippen molar-refractivity contribution in [1.82, 2.24) is 9.69 Å². The monoisotopic (exact) mass is 292 g/mol. The smallest absolute Gasteiger partial charge is 0.225 e. The summed E-state index contributed by atoms with van der Waals surface area (Å²) in [6.45, 7) is 3.20. The average Bonchev–Trinajstić information content (AvgIpc) is 2.72. The molecule has 1 aromatic heterocycles. The van der Waals surface area contributed by atoms with Crippen molar-refractivity contribution in [3.05, 3.63) is 10.9 Å². The van der Waals surface area contributed by atoms with Gasteiger partial charge in [0.2, 0.25) is 5.88 Å². The summed E-state index contributed by atoms with van der Waals surface area (Å²) in [6, 6.07) is 2.36. The molecule has 1 unspecified atom stereocenters. The SMILES string of the molecule is COc1cc(C(C)NCCCCBr)sn1. The van der Waals surface area contributed by atoms with Crippen molar-refractivity contribution >= 4 is 27.5 Å². The van der Waals surface area contributed by atoms with Gasteiger partial charge in [0, 0.05) is 22.3 Å². The Bertz CT molecular complexity index is 280. The van der Waals surface area contributed by atoms with Crippen LogP contribution in [0, 0.1) is 0 Å². The van der Waals surface area contributed by atoms with Gasteiger partial charge in [-0.15, -0.1) is 0 Å². The molecule has 0 saturated carbocycles. The molecule has 0 fully saturated rings. The first-order valence-corrected chi connectivity index (χ1v) is 6.97. The van der Waals surface area contributed by atoms with E-state index in [4.69, 9.17) is 4.74 Å². The maximum Gasteiger partial charge on any atom is 0.225 e. The molecule has 5 heteroatoms. The number of hydrogen-bond donors (Lipinski definition) is 1. The molecule has 1 aromatic rings. The van der Waals surface area contributed by atoms with E-state index in [1.807, 2.05) is 6.07 Å². The van der Waals surface area contributed by atoms with Gasteiger partial charge in [0.25, 0.3) is 0 Å². The lowest BCUT2D eigenvalue weighted by Gasteiger charge is -2.10. The first-order chi connectivity index (χ1) is 7.27. The van der Waals surface area contributed by atoms with Gasteiger partial charge in [-0.2, -0.15) is 4.37 Å². The second-order valence-electron chi connectivity index (χ2n) is 3.34. The zero-order valence-corrected chi connectivity index (χ0v) is 11.5. The summed E-state index contributed by atoms with van der Waals surface area (Å²) in [4.78, 5) is 1.23. The minimum Gasteiger partial charge on any atom is -0.480 e. The van der Waals surface area contributed by atoms with E-state index in [0.29, 0.717) is 11.9 Å². The van der Waals surface area contributed by atoms with Gasteiger partial charge in [0.05, 0.1) is 7.11 Å². The molecular formula is C10H17BrN2OS. The van der Waals surface area contributed by atoms with E-state index < -0.39 is 0 Å². The van der Waals surface area contributed by atoms with Crippen LogP contribution in [-0.2, 0) is 0 Å². The molecular weight excluding hydrogens is 276 g/mol. The van der Waals surface area contributed by atoms with Crippen LogP contribution < -0.4 is 10.1 Å². The van der Waals surface area contributed by atoms with Gasteiger partial charge < -0.3 is 10.1 Å². The first kappa shape index (κ1) is 12.9. The third-order valence-corrected chi connectivity index (χ3v) is 3.67. The Morgan fingerprint density at radius 3 is 3.00 bits per heavy atom. The van der Waals surface area contributed by atoms with Crippen molar-refractivity contribution in [2.45, 2.75) is 25.8 Å². The predicted octanol–water partition coefficient (Wildman–Crippen LogP) is 2.98. The summed E-state index contributed by atoms with van der Waals surface area (Å²) >= 11 is 4.92. The number of nitrogens with one attached hydrogen (secondary N) is 1. The Labute approximate surface area is 104 Å². The molecule has 1 N–H and O–H groups in total. The van der Waals surface area contributed by atoms with Crippen LogP contribution in [0.25, 0.3) is 0 Å². The Morgan fingerprint density at radius 2 is 2.40 bits per heavy atom. The number of nitrogens with zero attached hydrogens (tertiary/aromatic N) is 1. The predicted molar refractivity (Wildman–Crippen MR) is 68.1 cm³/mol. The van der Waals surface area contributed by atoms with Gasteiger partial charge in [0.15, 0.2) is 0 Å². The molecule has 0 aliphatic rings. The second kappa shape index (κ2) is 7.19. The summed E-state index contributed by atoms with van der Waals surface area (Å²) in [5, 5.41) is 4.55. The van der Waals surface area contributed by atoms with Gasteiger partial charge >= 0.3 is 0 Å². The summed E-state index contributed by atoms with van der Waals surface area (Å²) in [7, 11) is 1.65. The number of alkyl halides is 1. The first-order valence-electron chi connectivity index (χ1n) is 5.08. The molecule has 0 aliphatic carbocycles. The fourth-order valence-corrected chi connectivity index (χ4v) is 2.33. The lowest BCUT2D eigenvalue weighted by Crippen LogP contribution is -2.18. The van der Waals surface area contributed by atoms with Gasteiger partial charge in [-0.1, -0.05) is 15.9 Å². The van der Waals surface area contributed by atoms with Crippen LogP contribution in [0.2, 0.25) is 0 Å². The van der Waals surface area contributed by atoms with Crippen LogP contribution in [0.4, 0.5) is 0 Å². The number of unbranched alkanes of at least 4 members (excludes halogenated alkanes) is 1. The third kappa shape index (κ3) is 4.49. The maximum absolute atomic E-state index is 5.05. The van der Waals surface area contributed by atoms with E-state index >= 15 is 0 Å². The zero-order chi connectivity index (χ0) is 11.1. The van der Waals surface area contributed by atoms with E-state index in [2.05, 4.69) is 32.5 Å². The highest BCUT2D eigenvalue weighted by atomic mass is 79.9. The molecule has 0 bridgehead atoms. The maximum atomic E-state index is 5.05. The summed E-state index contributed by atoms with van der Waals surface area (Å²) < 4.78 is 9.23. The summed E-state index contributed by atoms with van der Waals surface area (Å²) in [5.41, 5.74) is 0. The van der Waals surface area contributed by atoms with Crippen LogP contribution in [0.1, 0.15) is 30.7 Å². The number of hydrogen-bond acceptors (Lipinski definition) is 4. The van der Waals surface area contributed by atoms with Crippen molar-refractivity contribution in [3.8, 4) is 5.88 Å². The topological polar surface area (TPSA) is 34.1 Å². The second-order valence-corrected chi connectivity index (χ2v) is 4.97. The lowest BCUT2D eigenvalue weighted by atomic mass is 10.2. The van der Waals surface area contributed by atoms with Crippen LogP contribution in [0.15, 0.2) is 6.07 Å². The molecule has 15 heavy (non-hydrogen) atoms. The highest BCUT2D eigenvalue weighted by Crippen LogP contribution is 2.22. The number of aromatic nitrogens is 1. The Hall–Kier alpha value is -0.130. The Morgan fingerprint density at radius 1 is 1.60 bits per heavy atom. The van der Waals surface area contributed by atoms with Crippen molar-refractivity contribution in [2.24, 2.45) is 0 Å². The fourth-order valence-electron chi connectivity index (χ4n) is 1.21. The molecule has 0 spiro atoms. The molecule has 0 amide bonds. The van der Waals surface area contributed by atoms with E-state index in [0.717, 1.165) is 11.9 Å². The quantitative estimate of drug-likeness (QED) is 0.620. The Kier molecular flexibility index (Phi) is 6.20. The highest BCUT2D eigenvalue weighted by molar-refractivity contribution is 9.09. The van der Waals surface area contributed by atoms with Crippen LogP contribution in [-0.4, -0.2) is 23.4 Å². The standard InChI is InChI=1S/C10H17BrN2OS/c1-8(12-6-4-3-5-11)9-7-10(14-2)13-15-9/h7-8,12H,3-6H2,1-2H3. The summed E-state index contributed by atoms with van der Waals surface area (Å²) in [6.07, 6.45) is 2.41. The van der Waals surface area contributed by atoms with Crippen molar-refractivity contribution < 1.29 is 4.74 Å². The normalized spacial score (nSPS) is 12.7. The van der Waals surface area contributed by atoms with Crippen molar-refractivity contribution in [2.75, 3.05) is 19.0 Å². The minimum absolute atomic E-state index is 0.363. The number of rotatable bonds is 7. The van der Waals surface area contributed by atoms with Gasteiger partial charge in [-0.25, -0.2) is 0 Å². The molecule has 86 valence electrons. The van der Waals surface area contributed by atoms with Crippen LogP contribution in [0.3, 0.4) is 0 Å². The molecule has 3 nitrogen and oxygen atoms in total. The largest absolute Gasteiger partial charge is 0.480 e. The van der Waals surface area contributed by atoms with Crippen molar-refractivity contribution in [3.63, 3.8) is 0 Å². The molecule has 0 radical (unpaired) electrons. The lowest BCUT2D eigenvalue weighted by molar-refractivity contribution is 0.402. The fraction of sp³-hybridized carbons (Fsp3) is 0.700. The molecule has 0 aromatic carbocycles. The molecule has 0 saturated heterocycles. The van der Waals surface area contributed by atoms with Crippen molar-refractivity contribution in [1.29, 1.82) is 0 Å². The van der Waals surface area contributed by atoms with E-state index in [9.17, 15) is 0 Å². The number of halogens is 1. The third-order valence-electron chi connectivity index (χ3n) is 2.15. The number of ether oxygens (including phenoxy) is 1. The molecule has 1 rings (SSSR count). The van der Waals surface area contributed by atoms with E-state index in [1.165, 1.54) is 29.3 Å². The van der Waals surface area contributed by atoms with E-state index in [-0.39, 0.29) is 0 Å². The molecule has 1 heterocycles. The summed E-state index contributed by atoms with van der Waals surface area (Å²) in [5.74, 6) is 0.712. The average molecular weight is 293 g/mol. The van der Waals surface area contributed by atoms with Gasteiger partial charge in [-0.3, -0.25) is 0 Å². The highest BCUT2D eigenvalue weighted by Gasteiger charge is 2.08. The van der Waals surface area contributed by atoms with E-state index in [1.54, 1.807) is 7.11 Å². The van der Waals surface area contributed by atoms with Crippen LogP contribution in [0.5, 0.6) is 5.88 Å². The molecule has 0 aliphatic heterocycles.